The first kappa shape index (κ1) is 11.5. The molecule has 0 spiro atoms. The SMILES string of the molecule is COBNCC1CCCc2cc(N)ccc21. The fraction of sp³-hybridized carbons (Fsp3) is 0.500. The van der Waals surface area contributed by atoms with Gasteiger partial charge in [-0.05, 0) is 55.0 Å². The fourth-order valence-electron chi connectivity index (χ4n) is 2.48. The second-order valence-electron chi connectivity index (χ2n) is 4.43. The largest absolute Gasteiger partial charge is 0.427 e. The van der Waals surface area contributed by atoms with Gasteiger partial charge in [-0.2, -0.15) is 0 Å². The van der Waals surface area contributed by atoms with Crippen LogP contribution in [0.3, 0.4) is 0 Å². The molecule has 0 amide bonds. The fourth-order valence-corrected chi connectivity index (χ4v) is 2.48. The smallest absolute Gasteiger partial charge is 0.360 e. The number of nitrogens with one attached hydrogen (secondary N) is 1. The quantitative estimate of drug-likeness (QED) is 0.453. The van der Waals surface area contributed by atoms with Crippen LogP contribution in [-0.2, 0) is 11.1 Å². The molecule has 1 unspecified atom stereocenters. The molecule has 0 aromatic heterocycles. The molecule has 0 saturated carbocycles. The minimum Gasteiger partial charge on any atom is -0.427 e. The molecule has 1 atom stereocenters. The second-order valence-corrected chi connectivity index (χ2v) is 4.43. The summed E-state index contributed by atoms with van der Waals surface area (Å²) in [5.41, 5.74) is 9.58. The monoisotopic (exact) mass is 218 g/mol. The molecule has 0 heterocycles. The van der Waals surface area contributed by atoms with Gasteiger partial charge in [0.15, 0.2) is 0 Å². The zero-order chi connectivity index (χ0) is 11.4. The van der Waals surface area contributed by atoms with Crippen molar-refractivity contribution in [2.24, 2.45) is 0 Å². The van der Waals surface area contributed by atoms with Crippen molar-refractivity contribution in [3.8, 4) is 0 Å². The van der Waals surface area contributed by atoms with E-state index in [4.69, 9.17) is 10.4 Å². The molecule has 2 rings (SSSR count). The highest BCUT2D eigenvalue weighted by molar-refractivity contribution is 6.23. The molecule has 0 saturated heterocycles. The van der Waals surface area contributed by atoms with E-state index in [9.17, 15) is 0 Å². The lowest BCUT2D eigenvalue weighted by atomic mass is 9.82. The third kappa shape index (κ3) is 2.57. The summed E-state index contributed by atoms with van der Waals surface area (Å²) >= 11 is 0. The standard InChI is InChI=1S/C12H19BN2O/c1-16-13-15-8-10-4-2-3-9-7-11(14)5-6-12(9)10/h5-7,10,13,15H,2-4,8,14H2,1H3. The average molecular weight is 218 g/mol. The molecule has 1 aliphatic carbocycles. The highest BCUT2D eigenvalue weighted by Gasteiger charge is 2.19. The van der Waals surface area contributed by atoms with Crippen molar-refractivity contribution in [2.75, 3.05) is 19.4 Å². The minimum atomic E-state index is 0.611. The van der Waals surface area contributed by atoms with Gasteiger partial charge < -0.3 is 15.6 Å². The second kappa shape index (κ2) is 5.37. The van der Waals surface area contributed by atoms with E-state index in [0.717, 1.165) is 12.2 Å². The Kier molecular flexibility index (Phi) is 3.85. The number of hydrogen-bond donors (Lipinski definition) is 2. The third-order valence-electron chi connectivity index (χ3n) is 3.24. The maximum Gasteiger partial charge on any atom is 0.360 e. The topological polar surface area (TPSA) is 47.3 Å². The lowest BCUT2D eigenvalue weighted by Gasteiger charge is -2.26. The van der Waals surface area contributed by atoms with Crippen LogP contribution in [0.4, 0.5) is 5.69 Å². The first-order chi connectivity index (χ1) is 7.81. The Hall–Kier alpha value is -0.995. The number of nitrogens with two attached hydrogens (primary N) is 1. The molecule has 0 aliphatic heterocycles. The summed E-state index contributed by atoms with van der Waals surface area (Å²) in [6.07, 6.45) is 3.69. The number of benzene rings is 1. The van der Waals surface area contributed by atoms with Gasteiger partial charge in [0.2, 0.25) is 0 Å². The Labute approximate surface area is 97.7 Å². The van der Waals surface area contributed by atoms with E-state index in [-0.39, 0.29) is 0 Å². The van der Waals surface area contributed by atoms with Crippen LogP contribution in [0.2, 0.25) is 0 Å². The van der Waals surface area contributed by atoms with Gasteiger partial charge in [-0.25, -0.2) is 0 Å². The molecule has 1 aliphatic rings. The molecule has 4 heteroatoms. The van der Waals surface area contributed by atoms with E-state index in [0.29, 0.717) is 13.5 Å². The molecule has 0 radical (unpaired) electrons. The molecule has 16 heavy (non-hydrogen) atoms. The third-order valence-corrected chi connectivity index (χ3v) is 3.24. The highest BCUT2D eigenvalue weighted by Crippen LogP contribution is 2.32. The first-order valence-corrected chi connectivity index (χ1v) is 5.89. The van der Waals surface area contributed by atoms with Crippen LogP contribution in [0.5, 0.6) is 0 Å². The van der Waals surface area contributed by atoms with Gasteiger partial charge in [-0.3, -0.25) is 0 Å². The zero-order valence-corrected chi connectivity index (χ0v) is 9.83. The maximum absolute atomic E-state index is 5.81. The van der Waals surface area contributed by atoms with Crippen LogP contribution in [0.15, 0.2) is 18.2 Å². The summed E-state index contributed by atoms with van der Waals surface area (Å²) in [5, 5.41) is 3.31. The first-order valence-electron chi connectivity index (χ1n) is 5.89. The lowest BCUT2D eigenvalue weighted by Crippen LogP contribution is -2.28. The van der Waals surface area contributed by atoms with Gasteiger partial charge in [0, 0.05) is 12.8 Å². The predicted molar refractivity (Wildman–Crippen MR) is 68.7 cm³/mol. The van der Waals surface area contributed by atoms with E-state index in [1.54, 1.807) is 7.11 Å². The van der Waals surface area contributed by atoms with Crippen LogP contribution < -0.4 is 11.0 Å². The molecule has 1 aromatic rings. The summed E-state index contributed by atoms with van der Waals surface area (Å²) in [6, 6.07) is 6.31. The van der Waals surface area contributed by atoms with Gasteiger partial charge in [0.05, 0.1) is 0 Å². The van der Waals surface area contributed by atoms with Crippen molar-refractivity contribution < 1.29 is 4.65 Å². The van der Waals surface area contributed by atoms with Crippen LogP contribution in [0, 0.1) is 0 Å². The number of nitrogen functional groups attached to an aromatic ring is 1. The van der Waals surface area contributed by atoms with Gasteiger partial charge in [-0.15, -0.1) is 0 Å². The van der Waals surface area contributed by atoms with E-state index in [1.165, 1.54) is 30.4 Å². The van der Waals surface area contributed by atoms with Crippen LogP contribution in [0.25, 0.3) is 0 Å². The Morgan fingerprint density at radius 1 is 1.56 bits per heavy atom. The Morgan fingerprint density at radius 2 is 2.44 bits per heavy atom. The van der Waals surface area contributed by atoms with Gasteiger partial charge in [-0.1, -0.05) is 6.07 Å². The molecular formula is C12H19BN2O. The number of fused-ring (bicyclic) bond motifs is 1. The molecule has 3 N–H and O–H groups in total. The summed E-state index contributed by atoms with van der Waals surface area (Å²) in [7, 11) is 2.34. The van der Waals surface area contributed by atoms with Crippen molar-refractivity contribution in [2.45, 2.75) is 25.2 Å². The Bertz CT molecular complexity index is 357. The summed E-state index contributed by atoms with van der Waals surface area (Å²) < 4.78 is 5.01. The molecule has 3 nitrogen and oxygen atoms in total. The number of rotatable bonds is 4. The maximum atomic E-state index is 5.81. The zero-order valence-electron chi connectivity index (χ0n) is 9.83. The summed E-state index contributed by atoms with van der Waals surface area (Å²) in [5.74, 6) is 0.611. The normalized spacial score (nSPS) is 19.2. The predicted octanol–water partition coefficient (Wildman–Crippen LogP) is 1.19. The summed E-state index contributed by atoms with van der Waals surface area (Å²) in [4.78, 5) is 0. The van der Waals surface area contributed by atoms with Crippen molar-refractivity contribution in [1.29, 1.82) is 0 Å². The van der Waals surface area contributed by atoms with Gasteiger partial charge in [0.1, 0.15) is 0 Å². The highest BCUT2D eigenvalue weighted by atomic mass is 16.4. The summed E-state index contributed by atoms with van der Waals surface area (Å²) in [6.45, 7) is 0.991. The van der Waals surface area contributed by atoms with Crippen molar-refractivity contribution in [3.05, 3.63) is 29.3 Å². The molecule has 0 fully saturated rings. The van der Waals surface area contributed by atoms with Crippen molar-refractivity contribution in [3.63, 3.8) is 0 Å². The van der Waals surface area contributed by atoms with Crippen molar-refractivity contribution >= 4 is 13.3 Å². The lowest BCUT2D eigenvalue weighted by molar-refractivity contribution is 0.424. The number of aryl methyl sites for hydroxylation is 1. The minimum absolute atomic E-state index is 0.611. The van der Waals surface area contributed by atoms with Crippen LogP contribution >= 0.6 is 0 Å². The van der Waals surface area contributed by atoms with Gasteiger partial charge in [0.25, 0.3) is 0 Å². The molecule has 1 aromatic carbocycles. The molecular weight excluding hydrogens is 199 g/mol. The number of hydrogen-bond acceptors (Lipinski definition) is 3. The average Bonchev–Trinajstić information content (AvgIpc) is 2.29. The van der Waals surface area contributed by atoms with Gasteiger partial charge >= 0.3 is 7.62 Å². The van der Waals surface area contributed by atoms with Crippen molar-refractivity contribution in [1.82, 2.24) is 5.23 Å². The van der Waals surface area contributed by atoms with E-state index in [1.807, 2.05) is 6.07 Å². The van der Waals surface area contributed by atoms with E-state index in [2.05, 4.69) is 17.4 Å². The number of anilines is 1. The van der Waals surface area contributed by atoms with E-state index < -0.39 is 0 Å². The molecule has 86 valence electrons. The van der Waals surface area contributed by atoms with E-state index >= 15 is 0 Å². The Balaban J connectivity index is 2.07. The molecule has 0 bridgehead atoms. The Morgan fingerprint density at radius 3 is 3.25 bits per heavy atom. The van der Waals surface area contributed by atoms with Crippen LogP contribution in [0.1, 0.15) is 29.9 Å². The van der Waals surface area contributed by atoms with Crippen LogP contribution in [-0.4, -0.2) is 21.3 Å².